The Labute approximate surface area is 123 Å². The van der Waals surface area contributed by atoms with E-state index in [-0.39, 0.29) is 11.5 Å². The lowest BCUT2D eigenvalue weighted by molar-refractivity contribution is 0.104. The molecule has 0 aromatic heterocycles. The molecule has 0 aliphatic heterocycles. The van der Waals surface area contributed by atoms with E-state index in [0.29, 0.717) is 12.2 Å². The van der Waals surface area contributed by atoms with Gasteiger partial charge < -0.3 is 9.84 Å². The van der Waals surface area contributed by atoms with E-state index in [4.69, 9.17) is 4.74 Å². The summed E-state index contributed by atoms with van der Waals surface area (Å²) >= 11 is 0. The molecule has 21 heavy (non-hydrogen) atoms. The Hall–Kier alpha value is -2.81. The van der Waals surface area contributed by atoms with Gasteiger partial charge in [0.2, 0.25) is 0 Å². The van der Waals surface area contributed by atoms with E-state index in [2.05, 4.69) is 6.58 Å². The van der Waals surface area contributed by atoms with E-state index >= 15 is 0 Å². The summed E-state index contributed by atoms with van der Waals surface area (Å²) in [5.41, 5.74) is 1.32. The van der Waals surface area contributed by atoms with E-state index in [9.17, 15) is 9.90 Å². The molecule has 0 fully saturated rings. The fourth-order valence-electron chi connectivity index (χ4n) is 1.79. The third-order valence-electron chi connectivity index (χ3n) is 2.78. The first-order valence-electron chi connectivity index (χ1n) is 6.54. The first-order chi connectivity index (χ1) is 10.2. The predicted molar refractivity (Wildman–Crippen MR) is 83.6 cm³/mol. The molecule has 0 saturated heterocycles. The lowest BCUT2D eigenvalue weighted by Crippen LogP contribution is -1.94. The molecule has 3 heteroatoms. The number of phenols is 1. The van der Waals surface area contributed by atoms with Gasteiger partial charge >= 0.3 is 0 Å². The van der Waals surface area contributed by atoms with Crippen LogP contribution in [0.5, 0.6) is 11.5 Å². The van der Waals surface area contributed by atoms with E-state index in [1.165, 1.54) is 18.2 Å². The average molecular weight is 280 g/mol. The lowest BCUT2D eigenvalue weighted by atomic mass is 10.1. The van der Waals surface area contributed by atoms with Crippen LogP contribution in [0.3, 0.4) is 0 Å². The molecule has 0 heterocycles. The van der Waals surface area contributed by atoms with Gasteiger partial charge in [0.1, 0.15) is 18.1 Å². The fourth-order valence-corrected chi connectivity index (χ4v) is 1.79. The largest absolute Gasteiger partial charge is 0.508 e. The number of hydrogen-bond donors (Lipinski definition) is 1. The first kappa shape index (κ1) is 14.6. The van der Waals surface area contributed by atoms with Crippen LogP contribution in [0.1, 0.15) is 15.9 Å². The van der Waals surface area contributed by atoms with Crippen molar-refractivity contribution in [1.82, 2.24) is 0 Å². The zero-order chi connectivity index (χ0) is 15.1. The van der Waals surface area contributed by atoms with Crippen LogP contribution >= 0.6 is 0 Å². The molecule has 0 aliphatic rings. The van der Waals surface area contributed by atoms with Crippen LogP contribution in [0.25, 0.3) is 6.08 Å². The van der Waals surface area contributed by atoms with Gasteiger partial charge in [0.05, 0.1) is 0 Å². The van der Waals surface area contributed by atoms with Crippen molar-refractivity contribution in [3.8, 4) is 11.5 Å². The summed E-state index contributed by atoms with van der Waals surface area (Å²) in [6.07, 6.45) is 4.86. The molecule has 0 amide bonds. The van der Waals surface area contributed by atoms with Gasteiger partial charge in [-0.15, -0.1) is 0 Å². The summed E-state index contributed by atoms with van der Waals surface area (Å²) in [4.78, 5) is 12.0. The Morgan fingerprint density at radius 2 is 2.00 bits per heavy atom. The van der Waals surface area contributed by atoms with Crippen molar-refractivity contribution in [2.24, 2.45) is 0 Å². The summed E-state index contributed by atoms with van der Waals surface area (Å²) in [5, 5.41) is 9.37. The van der Waals surface area contributed by atoms with Crippen LogP contribution in [0.4, 0.5) is 0 Å². The molecule has 0 radical (unpaired) electrons. The molecule has 0 saturated carbocycles. The third kappa shape index (κ3) is 4.35. The van der Waals surface area contributed by atoms with Crippen LogP contribution in [0.2, 0.25) is 0 Å². The molecule has 0 unspecified atom stereocenters. The number of ether oxygens (including phenoxy) is 1. The number of rotatable bonds is 6. The Bertz CT molecular complexity index is 672. The molecular weight excluding hydrogens is 264 g/mol. The van der Waals surface area contributed by atoms with Crippen molar-refractivity contribution >= 4 is 11.9 Å². The SMILES string of the molecule is C=CCOc1cccc(/C=C/C(=O)c2cccc(O)c2)c1. The molecule has 1 N–H and O–H groups in total. The molecule has 3 nitrogen and oxygen atoms in total. The number of allylic oxidation sites excluding steroid dienone is 1. The molecule has 0 atom stereocenters. The quantitative estimate of drug-likeness (QED) is 0.496. The maximum atomic E-state index is 12.0. The standard InChI is InChI=1S/C18H16O3/c1-2-11-21-17-8-3-5-14(12-17)9-10-18(20)15-6-4-7-16(19)13-15/h2-10,12-13,19H,1,11H2/b10-9+. The number of carbonyl (C=O) groups is 1. The highest BCUT2D eigenvalue weighted by Crippen LogP contribution is 2.16. The lowest BCUT2D eigenvalue weighted by Gasteiger charge is -2.03. The van der Waals surface area contributed by atoms with Gasteiger partial charge in [-0.05, 0) is 35.9 Å². The van der Waals surface area contributed by atoms with Crippen molar-refractivity contribution in [2.45, 2.75) is 0 Å². The Kier molecular flexibility index (Phi) is 4.94. The van der Waals surface area contributed by atoms with Crippen LogP contribution in [-0.2, 0) is 0 Å². The molecule has 2 rings (SSSR count). The summed E-state index contributed by atoms with van der Waals surface area (Å²) in [6, 6.07) is 13.7. The predicted octanol–water partition coefficient (Wildman–Crippen LogP) is 3.85. The van der Waals surface area contributed by atoms with Gasteiger partial charge in [-0.25, -0.2) is 0 Å². The highest BCUT2D eigenvalue weighted by molar-refractivity contribution is 6.07. The number of ketones is 1. The molecular formula is C18H16O3. The fraction of sp³-hybridized carbons (Fsp3) is 0.0556. The second kappa shape index (κ2) is 7.10. The molecule has 106 valence electrons. The maximum absolute atomic E-state index is 12.0. The Morgan fingerprint density at radius 3 is 2.76 bits per heavy atom. The van der Waals surface area contributed by atoms with Crippen molar-refractivity contribution in [3.05, 3.63) is 78.4 Å². The monoisotopic (exact) mass is 280 g/mol. The normalized spacial score (nSPS) is 10.5. The number of hydrogen-bond acceptors (Lipinski definition) is 3. The zero-order valence-electron chi connectivity index (χ0n) is 11.5. The highest BCUT2D eigenvalue weighted by atomic mass is 16.5. The number of phenolic OH excluding ortho intramolecular Hbond substituents is 1. The van der Waals surface area contributed by atoms with Crippen molar-refractivity contribution < 1.29 is 14.6 Å². The number of carbonyl (C=O) groups excluding carboxylic acids is 1. The van der Waals surface area contributed by atoms with Crippen LogP contribution in [-0.4, -0.2) is 17.5 Å². The third-order valence-corrected chi connectivity index (χ3v) is 2.78. The average Bonchev–Trinajstić information content (AvgIpc) is 2.51. The van der Waals surface area contributed by atoms with E-state index in [1.807, 2.05) is 24.3 Å². The number of aromatic hydroxyl groups is 1. The maximum Gasteiger partial charge on any atom is 0.185 e. The summed E-state index contributed by atoms with van der Waals surface area (Å²) in [6.45, 7) is 4.03. The van der Waals surface area contributed by atoms with Crippen molar-refractivity contribution in [2.75, 3.05) is 6.61 Å². The van der Waals surface area contributed by atoms with Crippen LogP contribution in [0, 0.1) is 0 Å². The van der Waals surface area contributed by atoms with Gasteiger partial charge in [0.15, 0.2) is 5.78 Å². The summed E-state index contributed by atoms with van der Waals surface area (Å²) in [7, 11) is 0. The minimum Gasteiger partial charge on any atom is -0.508 e. The second-order valence-corrected chi connectivity index (χ2v) is 4.42. The first-order valence-corrected chi connectivity index (χ1v) is 6.54. The van der Waals surface area contributed by atoms with Gasteiger partial charge in [-0.3, -0.25) is 4.79 Å². The molecule has 0 bridgehead atoms. The van der Waals surface area contributed by atoms with Crippen LogP contribution in [0.15, 0.2) is 67.3 Å². The smallest absolute Gasteiger partial charge is 0.185 e. The second-order valence-electron chi connectivity index (χ2n) is 4.42. The van der Waals surface area contributed by atoms with Crippen molar-refractivity contribution in [3.63, 3.8) is 0 Å². The van der Waals surface area contributed by atoms with Crippen LogP contribution < -0.4 is 4.74 Å². The van der Waals surface area contributed by atoms with E-state index in [1.54, 1.807) is 24.3 Å². The van der Waals surface area contributed by atoms with Gasteiger partial charge in [-0.1, -0.05) is 43.0 Å². The van der Waals surface area contributed by atoms with E-state index in [0.717, 1.165) is 11.3 Å². The molecule has 0 aliphatic carbocycles. The molecule has 2 aromatic rings. The van der Waals surface area contributed by atoms with Gasteiger partial charge in [0.25, 0.3) is 0 Å². The number of benzene rings is 2. The Morgan fingerprint density at radius 1 is 1.19 bits per heavy atom. The minimum absolute atomic E-state index is 0.0778. The minimum atomic E-state index is -0.164. The topological polar surface area (TPSA) is 46.5 Å². The van der Waals surface area contributed by atoms with Gasteiger partial charge in [0, 0.05) is 5.56 Å². The van der Waals surface area contributed by atoms with E-state index < -0.39 is 0 Å². The molecule has 2 aromatic carbocycles. The molecule has 0 spiro atoms. The zero-order valence-corrected chi connectivity index (χ0v) is 11.5. The Balaban J connectivity index is 2.10. The highest BCUT2D eigenvalue weighted by Gasteiger charge is 2.02. The summed E-state index contributed by atoms with van der Waals surface area (Å²) in [5.74, 6) is 0.638. The van der Waals surface area contributed by atoms with Gasteiger partial charge in [-0.2, -0.15) is 0 Å². The summed E-state index contributed by atoms with van der Waals surface area (Å²) < 4.78 is 5.43. The van der Waals surface area contributed by atoms with Crippen molar-refractivity contribution in [1.29, 1.82) is 0 Å².